The highest BCUT2D eigenvalue weighted by atomic mass is 16.3. The number of likely N-dealkylation sites (tertiary alicyclic amines) is 1. The lowest BCUT2D eigenvalue weighted by atomic mass is 9.90. The molecule has 0 spiro atoms. The summed E-state index contributed by atoms with van der Waals surface area (Å²) in [6.45, 7) is 9.33. The Hall–Kier alpha value is -0.120. The van der Waals surface area contributed by atoms with Crippen LogP contribution in [0.5, 0.6) is 0 Å². The monoisotopic (exact) mass is 228 g/mol. The molecule has 0 aromatic heterocycles. The molecule has 0 aliphatic carbocycles. The minimum Gasteiger partial charge on any atom is -0.389 e. The lowest BCUT2D eigenvalue weighted by Crippen LogP contribution is -2.48. The molecule has 1 aliphatic rings. The van der Waals surface area contributed by atoms with Crippen molar-refractivity contribution >= 4 is 0 Å². The van der Waals surface area contributed by atoms with Crippen LogP contribution in [-0.2, 0) is 0 Å². The highest BCUT2D eigenvalue weighted by Crippen LogP contribution is 2.22. The largest absolute Gasteiger partial charge is 0.389 e. The van der Waals surface area contributed by atoms with Crippen molar-refractivity contribution in [2.24, 2.45) is 5.92 Å². The van der Waals surface area contributed by atoms with E-state index in [1.807, 2.05) is 14.0 Å². The maximum absolute atomic E-state index is 10.1. The molecule has 1 saturated heterocycles. The molecule has 3 unspecified atom stereocenters. The molecule has 3 atom stereocenters. The third-order valence-corrected chi connectivity index (χ3v) is 4.03. The van der Waals surface area contributed by atoms with Crippen LogP contribution in [0.2, 0.25) is 0 Å². The SMILES string of the molecule is CCC(C)(O)CN1CCCC(C(C)NC)C1. The van der Waals surface area contributed by atoms with Crippen LogP contribution in [0.15, 0.2) is 0 Å². The van der Waals surface area contributed by atoms with Crippen molar-refractivity contribution in [3.05, 3.63) is 0 Å². The van der Waals surface area contributed by atoms with Crippen LogP contribution in [-0.4, -0.2) is 48.3 Å². The van der Waals surface area contributed by atoms with Crippen molar-refractivity contribution in [1.82, 2.24) is 10.2 Å². The zero-order valence-corrected chi connectivity index (χ0v) is 11.3. The molecule has 0 aromatic rings. The van der Waals surface area contributed by atoms with Crippen molar-refractivity contribution in [1.29, 1.82) is 0 Å². The van der Waals surface area contributed by atoms with Gasteiger partial charge in [-0.15, -0.1) is 0 Å². The smallest absolute Gasteiger partial charge is 0.0743 e. The van der Waals surface area contributed by atoms with E-state index in [4.69, 9.17) is 0 Å². The quantitative estimate of drug-likeness (QED) is 0.748. The van der Waals surface area contributed by atoms with Gasteiger partial charge in [0.05, 0.1) is 5.60 Å². The molecule has 3 nitrogen and oxygen atoms in total. The van der Waals surface area contributed by atoms with Gasteiger partial charge in [0.1, 0.15) is 0 Å². The minimum absolute atomic E-state index is 0.523. The second-order valence-electron chi connectivity index (χ2n) is 5.57. The standard InChI is InChI=1S/C13H28N2O/c1-5-13(3,16)10-15-8-6-7-12(9-15)11(2)14-4/h11-12,14,16H,5-10H2,1-4H3. The van der Waals surface area contributed by atoms with Gasteiger partial charge >= 0.3 is 0 Å². The maximum Gasteiger partial charge on any atom is 0.0743 e. The lowest BCUT2D eigenvalue weighted by molar-refractivity contribution is 0.00185. The van der Waals surface area contributed by atoms with Gasteiger partial charge in [0.2, 0.25) is 0 Å². The Morgan fingerprint density at radius 1 is 1.56 bits per heavy atom. The van der Waals surface area contributed by atoms with Crippen molar-refractivity contribution in [2.75, 3.05) is 26.7 Å². The second kappa shape index (κ2) is 5.99. The highest BCUT2D eigenvalue weighted by molar-refractivity contribution is 4.83. The fraction of sp³-hybridized carbons (Fsp3) is 1.00. The Bertz CT molecular complexity index is 206. The van der Waals surface area contributed by atoms with Gasteiger partial charge in [-0.25, -0.2) is 0 Å². The predicted molar refractivity (Wildman–Crippen MR) is 68.6 cm³/mol. The highest BCUT2D eigenvalue weighted by Gasteiger charge is 2.28. The first-order valence-corrected chi connectivity index (χ1v) is 6.60. The first-order chi connectivity index (χ1) is 7.48. The number of hydrogen-bond donors (Lipinski definition) is 2. The first-order valence-electron chi connectivity index (χ1n) is 6.60. The number of aliphatic hydroxyl groups is 1. The minimum atomic E-state index is -0.523. The predicted octanol–water partition coefficient (Wildman–Crippen LogP) is 1.47. The molecule has 96 valence electrons. The molecule has 1 rings (SSSR count). The van der Waals surface area contributed by atoms with E-state index in [2.05, 4.69) is 24.1 Å². The number of hydrogen-bond acceptors (Lipinski definition) is 3. The summed E-state index contributed by atoms with van der Waals surface area (Å²) in [6.07, 6.45) is 3.40. The summed E-state index contributed by atoms with van der Waals surface area (Å²) in [7, 11) is 2.03. The summed E-state index contributed by atoms with van der Waals surface area (Å²) in [5.74, 6) is 0.728. The van der Waals surface area contributed by atoms with E-state index >= 15 is 0 Å². The van der Waals surface area contributed by atoms with Gasteiger partial charge in [-0.1, -0.05) is 6.92 Å². The molecule has 2 N–H and O–H groups in total. The third kappa shape index (κ3) is 4.04. The summed E-state index contributed by atoms with van der Waals surface area (Å²) in [6, 6.07) is 0.578. The third-order valence-electron chi connectivity index (χ3n) is 4.03. The van der Waals surface area contributed by atoms with Crippen LogP contribution in [0.25, 0.3) is 0 Å². The van der Waals surface area contributed by atoms with Gasteiger partial charge in [-0.05, 0) is 52.6 Å². The van der Waals surface area contributed by atoms with Crippen molar-refractivity contribution in [3.8, 4) is 0 Å². The van der Waals surface area contributed by atoms with E-state index in [9.17, 15) is 5.11 Å². The Morgan fingerprint density at radius 2 is 2.25 bits per heavy atom. The molecule has 3 heteroatoms. The summed E-state index contributed by atoms with van der Waals surface area (Å²) < 4.78 is 0. The molecule has 1 heterocycles. The first kappa shape index (κ1) is 13.9. The van der Waals surface area contributed by atoms with Crippen molar-refractivity contribution in [3.63, 3.8) is 0 Å². The number of β-amino-alcohol motifs (C(OH)–C–C–N with tert-alkyl or cyclic N) is 1. The Morgan fingerprint density at radius 3 is 2.81 bits per heavy atom. The van der Waals surface area contributed by atoms with Crippen LogP contribution >= 0.6 is 0 Å². The molecule has 0 aromatic carbocycles. The van der Waals surface area contributed by atoms with E-state index in [-0.39, 0.29) is 0 Å². The summed E-state index contributed by atoms with van der Waals surface area (Å²) in [4.78, 5) is 2.42. The van der Waals surface area contributed by atoms with Crippen molar-refractivity contribution < 1.29 is 5.11 Å². The molecule has 0 amide bonds. The van der Waals surface area contributed by atoms with Crippen LogP contribution < -0.4 is 5.32 Å². The molecule has 0 radical (unpaired) electrons. The fourth-order valence-corrected chi connectivity index (χ4v) is 2.47. The van der Waals surface area contributed by atoms with Gasteiger partial charge in [0.25, 0.3) is 0 Å². The average molecular weight is 228 g/mol. The molecule has 1 fully saturated rings. The zero-order valence-electron chi connectivity index (χ0n) is 11.3. The van der Waals surface area contributed by atoms with Gasteiger partial charge in [-0.3, -0.25) is 0 Å². The maximum atomic E-state index is 10.1. The Kier molecular flexibility index (Phi) is 5.22. The lowest BCUT2D eigenvalue weighted by Gasteiger charge is -2.39. The van der Waals surface area contributed by atoms with E-state index in [0.29, 0.717) is 6.04 Å². The number of nitrogens with zero attached hydrogens (tertiary/aromatic N) is 1. The van der Waals surface area contributed by atoms with Gasteiger partial charge in [0, 0.05) is 19.1 Å². The van der Waals surface area contributed by atoms with E-state index in [1.165, 1.54) is 12.8 Å². The molecule has 1 aliphatic heterocycles. The van der Waals surface area contributed by atoms with Crippen LogP contribution in [0.1, 0.15) is 40.0 Å². The van der Waals surface area contributed by atoms with Crippen molar-refractivity contribution in [2.45, 2.75) is 51.7 Å². The van der Waals surface area contributed by atoms with E-state index in [1.54, 1.807) is 0 Å². The Balaban J connectivity index is 2.44. The number of piperidine rings is 1. The van der Waals surface area contributed by atoms with Gasteiger partial charge < -0.3 is 15.3 Å². The molecular formula is C13H28N2O. The molecule has 0 bridgehead atoms. The van der Waals surface area contributed by atoms with Crippen LogP contribution in [0.4, 0.5) is 0 Å². The fourth-order valence-electron chi connectivity index (χ4n) is 2.47. The number of rotatable bonds is 5. The summed E-state index contributed by atoms with van der Waals surface area (Å²) >= 11 is 0. The van der Waals surface area contributed by atoms with E-state index in [0.717, 1.165) is 32.0 Å². The normalized spacial score (nSPS) is 28.7. The Labute approximate surface area is 100 Å². The van der Waals surface area contributed by atoms with E-state index < -0.39 is 5.60 Å². The van der Waals surface area contributed by atoms with Crippen LogP contribution in [0, 0.1) is 5.92 Å². The van der Waals surface area contributed by atoms with Crippen LogP contribution in [0.3, 0.4) is 0 Å². The zero-order chi connectivity index (χ0) is 12.2. The summed E-state index contributed by atoms with van der Waals surface area (Å²) in [5, 5.41) is 13.4. The summed E-state index contributed by atoms with van der Waals surface area (Å²) in [5.41, 5.74) is -0.523. The van der Waals surface area contributed by atoms with Gasteiger partial charge in [-0.2, -0.15) is 0 Å². The molecule has 0 saturated carbocycles. The second-order valence-corrected chi connectivity index (χ2v) is 5.57. The molecular weight excluding hydrogens is 200 g/mol. The number of nitrogens with one attached hydrogen (secondary N) is 1. The molecule has 16 heavy (non-hydrogen) atoms. The topological polar surface area (TPSA) is 35.5 Å². The van der Waals surface area contributed by atoms with Gasteiger partial charge in [0.15, 0.2) is 0 Å². The average Bonchev–Trinajstić information content (AvgIpc) is 2.28.